The molecule has 4 saturated carbocycles. The fourth-order valence-corrected chi connectivity index (χ4v) is 6.93. The molecular formula is C23H33N2O2+. The summed E-state index contributed by atoms with van der Waals surface area (Å²) in [5, 5.41) is 0. The van der Waals surface area contributed by atoms with E-state index in [4.69, 9.17) is 4.74 Å². The molecule has 5 aliphatic rings. The van der Waals surface area contributed by atoms with Gasteiger partial charge in [-0.25, -0.2) is 0 Å². The van der Waals surface area contributed by atoms with E-state index in [1.807, 2.05) is 6.07 Å². The third-order valence-corrected chi connectivity index (χ3v) is 7.93. The molecule has 0 amide bonds. The van der Waals surface area contributed by atoms with Crippen LogP contribution in [0.15, 0.2) is 24.3 Å². The Kier molecular flexibility index (Phi) is 4.42. The summed E-state index contributed by atoms with van der Waals surface area (Å²) < 4.78 is 5.36. The van der Waals surface area contributed by atoms with Crippen molar-refractivity contribution in [2.24, 2.45) is 23.2 Å². The normalized spacial score (nSPS) is 35.4. The number of rotatable bonds is 5. The fraction of sp³-hybridized carbons (Fsp3) is 0.696. The first-order chi connectivity index (χ1) is 13.1. The fourth-order valence-electron chi connectivity index (χ4n) is 6.93. The Bertz CT molecular complexity index is 673. The predicted molar refractivity (Wildman–Crippen MR) is 106 cm³/mol. The van der Waals surface area contributed by atoms with Crippen LogP contribution in [-0.2, 0) is 4.79 Å². The minimum atomic E-state index is 0.0751. The number of piperazine rings is 1. The Morgan fingerprint density at radius 3 is 2.33 bits per heavy atom. The lowest BCUT2D eigenvalue weighted by Crippen LogP contribution is -3.15. The first-order valence-electron chi connectivity index (χ1n) is 10.9. The van der Waals surface area contributed by atoms with E-state index in [0.29, 0.717) is 5.78 Å². The van der Waals surface area contributed by atoms with E-state index in [2.05, 4.69) is 23.1 Å². The highest BCUT2D eigenvalue weighted by Gasteiger charge is 2.54. The van der Waals surface area contributed by atoms with Gasteiger partial charge in [0.2, 0.25) is 0 Å². The molecule has 1 heterocycles. The Morgan fingerprint density at radius 2 is 1.74 bits per heavy atom. The minimum absolute atomic E-state index is 0.0751. The van der Waals surface area contributed by atoms with Crippen molar-refractivity contribution in [3.8, 4) is 5.75 Å². The largest absolute Gasteiger partial charge is 0.497 e. The highest BCUT2D eigenvalue weighted by atomic mass is 16.5. The van der Waals surface area contributed by atoms with Crippen molar-refractivity contribution < 1.29 is 14.4 Å². The van der Waals surface area contributed by atoms with Gasteiger partial charge in [0, 0.05) is 17.2 Å². The van der Waals surface area contributed by atoms with Crippen LogP contribution in [0.1, 0.15) is 38.5 Å². The highest BCUT2D eigenvalue weighted by molar-refractivity contribution is 5.86. The number of benzene rings is 1. The van der Waals surface area contributed by atoms with E-state index >= 15 is 0 Å². The Balaban J connectivity index is 1.19. The van der Waals surface area contributed by atoms with Crippen molar-refractivity contribution in [3.63, 3.8) is 0 Å². The van der Waals surface area contributed by atoms with Gasteiger partial charge in [-0.1, -0.05) is 6.07 Å². The maximum atomic E-state index is 13.3. The van der Waals surface area contributed by atoms with Crippen molar-refractivity contribution in [1.82, 2.24) is 0 Å². The highest BCUT2D eigenvalue weighted by Crippen LogP contribution is 2.60. The van der Waals surface area contributed by atoms with E-state index < -0.39 is 0 Å². The van der Waals surface area contributed by atoms with Crippen LogP contribution >= 0.6 is 0 Å². The summed E-state index contributed by atoms with van der Waals surface area (Å²) in [5.74, 6) is 4.10. The zero-order chi connectivity index (χ0) is 18.4. The lowest BCUT2D eigenvalue weighted by Gasteiger charge is -2.55. The lowest BCUT2D eigenvalue weighted by atomic mass is 9.48. The van der Waals surface area contributed by atoms with Gasteiger partial charge in [-0.3, -0.25) is 4.79 Å². The van der Waals surface area contributed by atoms with E-state index in [0.717, 1.165) is 56.2 Å². The number of anilines is 1. The molecule has 4 nitrogen and oxygen atoms in total. The SMILES string of the molecule is COc1cccc(N2CC[NH+](CC(=O)C34CC5CC(CC(C5)C3)C4)CC2)c1. The number of carbonyl (C=O) groups excluding carboxylic acids is 1. The second-order valence-corrected chi connectivity index (χ2v) is 9.74. The Hall–Kier alpha value is -1.55. The summed E-state index contributed by atoms with van der Waals surface area (Å²) in [5.41, 5.74) is 1.31. The molecule has 0 unspecified atom stereocenters. The van der Waals surface area contributed by atoms with Gasteiger partial charge in [0.05, 0.1) is 33.3 Å². The summed E-state index contributed by atoms with van der Waals surface area (Å²) >= 11 is 0. The number of quaternary nitrogens is 1. The first kappa shape index (κ1) is 17.5. The van der Waals surface area contributed by atoms with Crippen molar-refractivity contribution in [2.45, 2.75) is 38.5 Å². The number of hydrogen-bond acceptors (Lipinski definition) is 3. The smallest absolute Gasteiger partial charge is 0.192 e. The second kappa shape index (κ2) is 6.80. The summed E-state index contributed by atoms with van der Waals surface area (Å²) in [6, 6.07) is 8.33. The van der Waals surface area contributed by atoms with Gasteiger partial charge in [-0.05, 0) is 68.4 Å². The Labute approximate surface area is 162 Å². The van der Waals surface area contributed by atoms with Gasteiger partial charge in [-0.15, -0.1) is 0 Å². The number of Topliss-reactive ketones (excluding diaryl/α,β-unsaturated/α-hetero) is 1. The topological polar surface area (TPSA) is 34.0 Å². The molecule has 0 radical (unpaired) electrons. The van der Waals surface area contributed by atoms with Gasteiger partial charge >= 0.3 is 0 Å². The van der Waals surface area contributed by atoms with Crippen LogP contribution in [0.5, 0.6) is 5.75 Å². The molecule has 1 saturated heterocycles. The second-order valence-electron chi connectivity index (χ2n) is 9.74. The molecular weight excluding hydrogens is 336 g/mol. The molecule has 4 heteroatoms. The van der Waals surface area contributed by atoms with Crippen LogP contribution in [0.25, 0.3) is 0 Å². The van der Waals surface area contributed by atoms with Gasteiger partial charge in [0.25, 0.3) is 0 Å². The van der Waals surface area contributed by atoms with Crippen LogP contribution in [0.2, 0.25) is 0 Å². The lowest BCUT2D eigenvalue weighted by molar-refractivity contribution is -0.892. The molecule has 5 fully saturated rings. The molecule has 0 atom stereocenters. The third-order valence-electron chi connectivity index (χ3n) is 7.93. The maximum Gasteiger partial charge on any atom is 0.192 e. The molecule has 1 N–H and O–H groups in total. The molecule has 146 valence electrons. The van der Waals surface area contributed by atoms with Crippen molar-refractivity contribution in [1.29, 1.82) is 0 Å². The van der Waals surface area contributed by atoms with Crippen molar-refractivity contribution in [2.75, 3.05) is 44.7 Å². The maximum absolute atomic E-state index is 13.3. The summed E-state index contributed by atoms with van der Waals surface area (Å²) in [4.78, 5) is 17.3. The number of ether oxygens (including phenoxy) is 1. The monoisotopic (exact) mass is 369 g/mol. The van der Waals surface area contributed by atoms with Crippen molar-refractivity contribution >= 4 is 11.5 Å². The molecule has 1 aliphatic heterocycles. The van der Waals surface area contributed by atoms with E-state index in [-0.39, 0.29) is 5.41 Å². The number of ketones is 1. The quantitative estimate of drug-likeness (QED) is 0.864. The number of nitrogens with one attached hydrogen (secondary N) is 1. The summed E-state index contributed by atoms with van der Waals surface area (Å²) in [6.07, 6.45) is 7.87. The van der Waals surface area contributed by atoms with Gasteiger partial charge < -0.3 is 14.5 Å². The average molecular weight is 370 g/mol. The average Bonchev–Trinajstić information content (AvgIpc) is 2.67. The van der Waals surface area contributed by atoms with Gasteiger partial charge in [0.1, 0.15) is 12.3 Å². The molecule has 4 bridgehead atoms. The zero-order valence-corrected chi connectivity index (χ0v) is 16.6. The molecule has 1 aromatic rings. The molecule has 0 spiro atoms. The molecule has 4 aliphatic carbocycles. The summed E-state index contributed by atoms with van der Waals surface area (Å²) in [6.45, 7) is 4.94. The van der Waals surface area contributed by atoms with Crippen LogP contribution < -0.4 is 14.5 Å². The van der Waals surface area contributed by atoms with E-state index in [1.165, 1.54) is 49.1 Å². The first-order valence-corrected chi connectivity index (χ1v) is 10.9. The van der Waals surface area contributed by atoms with E-state index in [1.54, 1.807) is 7.11 Å². The van der Waals surface area contributed by atoms with Gasteiger partial charge in [0.15, 0.2) is 5.78 Å². The Morgan fingerprint density at radius 1 is 1.11 bits per heavy atom. The van der Waals surface area contributed by atoms with Crippen LogP contribution in [0.4, 0.5) is 5.69 Å². The zero-order valence-electron chi connectivity index (χ0n) is 16.6. The van der Waals surface area contributed by atoms with Crippen LogP contribution in [0, 0.1) is 23.2 Å². The van der Waals surface area contributed by atoms with E-state index in [9.17, 15) is 4.79 Å². The third kappa shape index (κ3) is 3.26. The molecule has 0 aromatic heterocycles. The van der Waals surface area contributed by atoms with Crippen LogP contribution in [-0.4, -0.2) is 45.6 Å². The standard InChI is InChI=1S/C23H32N2O2/c1-27-21-4-2-3-20(12-21)25-7-5-24(6-8-25)16-22(26)23-13-17-9-18(14-23)11-19(10-17)15-23/h2-4,12,17-19H,5-11,13-16H2,1H3/p+1. The number of nitrogens with zero attached hydrogens (tertiary/aromatic N) is 1. The number of methoxy groups -OCH3 is 1. The molecule has 6 rings (SSSR count). The molecule has 1 aromatic carbocycles. The number of carbonyl (C=O) groups is 1. The predicted octanol–water partition coefficient (Wildman–Crippen LogP) is 2.19. The van der Waals surface area contributed by atoms with Crippen molar-refractivity contribution in [3.05, 3.63) is 24.3 Å². The number of hydrogen-bond donors (Lipinski definition) is 1. The minimum Gasteiger partial charge on any atom is -0.497 e. The van der Waals surface area contributed by atoms with Crippen LogP contribution in [0.3, 0.4) is 0 Å². The molecule has 27 heavy (non-hydrogen) atoms. The summed E-state index contributed by atoms with van der Waals surface area (Å²) in [7, 11) is 1.72. The van der Waals surface area contributed by atoms with Gasteiger partial charge in [-0.2, -0.15) is 0 Å².